The maximum absolute atomic E-state index is 14.1. The largest absolute Gasteiger partial charge is 0.465 e. The smallest absolute Gasteiger partial charge is 0.355 e. The van der Waals surface area contributed by atoms with Crippen molar-refractivity contribution in [2.45, 2.75) is 0 Å². The lowest BCUT2D eigenvalue weighted by Crippen LogP contribution is -2.28. The predicted molar refractivity (Wildman–Crippen MR) is 100 cm³/mol. The van der Waals surface area contributed by atoms with Crippen LogP contribution in [0.2, 0.25) is 5.02 Å². The van der Waals surface area contributed by atoms with Gasteiger partial charge >= 0.3 is 11.9 Å². The van der Waals surface area contributed by atoms with Gasteiger partial charge in [0, 0.05) is 18.5 Å². The van der Waals surface area contributed by atoms with Crippen molar-refractivity contribution in [3.63, 3.8) is 0 Å². The minimum Gasteiger partial charge on any atom is -0.465 e. The molecule has 0 fully saturated rings. The van der Waals surface area contributed by atoms with Gasteiger partial charge in [-0.3, -0.25) is 0 Å². The SMILES string of the molecule is COC(=O)C1=C(C(=O)OC)N(c2cc(F)ccc2-n2cc(Cl)cn2)C=CC=C1. The number of hydrogen-bond donors (Lipinski definition) is 0. The lowest BCUT2D eigenvalue weighted by Gasteiger charge is -2.25. The van der Waals surface area contributed by atoms with Crippen molar-refractivity contribution in [2.24, 2.45) is 0 Å². The van der Waals surface area contributed by atoms with Crippen molar-refractivity contribution in [2.75, 3.05) is 19.1 Å². The first-order valence-corrected chi connectivity index (χ1v) is 8.39. The zero-order chi connectivity index (χ0) is 20.3. The first-order valence-electron chi connectivity index (χ1n) is 8.01. The maximum atomic E-state index is 14.1. The van der Waals surface area contributed by atoms with Crippen LogP contribution in [0.3, 0.4) is 0 Å². The van der Waals surface area contributed by atoms with Gasteiger partial charge in [-0.25, -0.2) is 18.7 Å². The highest BCUT2D eigenvalue weighted by atomic mass is 35.5. The van der Waals surface area contributed by atoms with Crippen LogP contribution in [0.4, 0.5) is 10.1 Å². The summed E-state index contributed by atoms with van der Waals surface area (Å²) in [7, 11) is 2.38. The first-order chi connectivity index (χ1) is 13.5. The number of halogens is 2. The molecule has 1 aromatic carbocycles. The van der Waals surface area contributed by atoms with E-state index in [1.807, 2.05) is 0 Å². The van der Waals surface area contributed by atoms with Gasteiger partial charge in [0.1, 0.15) is 11.5 Å². The third-order valence-corrected chi connectivity index (χ3v) is 4.08. The summed E-state index contributed by atoms with van der Waals surface area (Å²) >= 11 is 5.95. The Labute approximate surface area is 164 Å². The molecule has 1 aromatic heterocycles. The monoisotopic (exact) mass is 403 g/mol. The van der Waals surface area contributed by atoms with Gasteiger partial charge in [0.15, 0.2) is 0 Å². The second kappa shape index (κ2) is 8.10. The molecule has 0 saturated heterocycles. The maximum Gasteiger partial charge on any atom is 0.355 e. The van der Waals surface area contributed by atoms with Crippen LogP contribution in [-0.2, 0) is 19.1 Å². The van der Waals surface area contributed by atoms with E-state index in [9.17, 15) is 14.0 Å². The minimum atomic E-state index is -0.801. The van der Waals surface area contributed by atoms with Crippen LogP contribution in [0.1, 0.15) is 0 Å². The van der Waals surface area contributed by atoms with Crippen molar-refractivity contribution in [1.82, 2.24) is 9.78 Å². The van der Waals surface area contributed by atoms with Gasteiger partial charge in [0.25, 0.3) is 0 Å². The first kappa shape index (κ1) is 19.4. The molecule has 0 unspecified atom stereocenters. The fraction of sp³-hybridized carbons (Fsp3) is 0.105. The van der Waals surface area contributed by atoms with E-state index in [-0.39, 0.29) is 17.0 Å². The topological polar surface area (TPSA) is 73.7 Å². The van der Waals surface area contributed by atoms with E-state index in [2.05, 4.69) is 5.10 Å². The number of ether oxygens (including phenoxy) is 2. The molecule has 7 nitrogen and oxygen atoms in total. The van der Waals surface area contributed by atoms with Crippen molar-refractivity contribution in [3.05, 3.63) is 77.1 Å². The summed E-state index contributed by atoms with van der Waals surface area (Å²) in [5, 5.41) is 4.50. The minimum absolute atomic E-state index is 0.0481. The number of allylic oxidation sites excluding steroid dienone is 2. The number of carbonyl (C=O) groups is 2. The van der Waals surface area contributed by atoms with E-state index < -0.39 is 17.8 Å². The number of hydrogen-bond acceptors (Lipinski definition) is 6. The molecule has 3 rings (SSSR count). The summed E-state index contributed by atoms with van der Waals surface area (Å²) in [6, 6.07) is 3.93. The number of nitrogens with zero attached hydrogens (tertiary/aromatic N) is 3. The molecule has 0 amide bonds. The average Bonchev–Trinajstić information content (AvgIpc) is 3.00. The Hall–Kier alpha value is -3.39. The number of benzene rings is 1. The fourth-order valence-electron chi connectivity index (χ4n) is 2.67. The Morgan fingerprint density at radius 2 is 1.86 bits per heavy atom. The molecule has 0 spiro atoms. The van der Waals surface area contributed by atoms with Crippen molar-refractivity contribution in [1.29, 1.82) is 0 Å². The van der Waals surface area contributed by atoms with Crippen LogP contribution in [0.25, 0.3) is 5.69 Å². The summed E-state index contributed by atoms with van der Waals surface area (Å²) in [6.07, 6.45) is 9.01. The van der Waals surface area contributed by atoms with E-state index in [0.29, 0.717) is 10.7 Å². The molecule has 28 heavy (non-hydrogen) atoms. The molecule has 1 aliphatic rings. The average molecular weight is 404 g/mol. The highest BCUT2D eigenvalue weighted by Gasteiger charge is 2.29. The Kier molecular flexibility index (Phi) is 5.60. The molecule has 0 saturated carbocycles. The normalized spacial score (nSPS) is 13.5. The molecule has 0 bridgehead atoms. The number of methoxy groups -OCH3 is 2. The van der Waals surface area contributed by atoms with Crippen LogP contribution >= 0.6 is 11.6 Å². The zero-order valence-corrected chi connectivity index (χ0v) is 15.7. The molecule has 0 radical (unpaired) electrons. The Morgan fingerprint density at radius 1 is 1.11 bits per heavy atom. The van der Waals surface area contributed by atoms with Gasteiger partial charge < -0.3 is 14.4 Å². The van der Waals surface area contributed by atoms with Gasteiger partial charge in [-0.1, -0.05) is 17.7 Å². The molecule has 0 atom stereocenters. The van der Waals surface area contributed by atoms with E-state index in [4.69, 9.17) is 21.1 Å². The summed E-state index contributed by atoms with van der Waals surface area (Å²) in [4.78, 5) is 26.1. The van der Waals surface area contributed by atoms with Gasteiger partial charge in [-0.05, 0) is 24.3 Å². The molecule has 2 aromatic rings. The third-order valence-electron chi connectivity index (χ3n) is 3.88. The molecular formula is C19H15ClFN3O4. The summed E-state index contributed by atoms with van der Waals surface area (Å²) in [5.41, 5.74) is 0.476. The molecular weight excluding hydrogens is 389 g/mol. The van der Waals surface area contributed by atoms with Gasteiger partial charge in [0.2, 0.25) is 0 Å². The highest BCUT2D eigenvalue weighted by molar-refractivity contribution is 6.30. The standard InChI is InChI=1S/C19H15ClFN3O4/c1-27-18(25)14-5-3-4-8-23(17(14)19(26)28-2)16-9-13(21)6-7-15(16)24-11-12(20)10-22-24/h3-11H,1-2H3. The summed E-state index contributed by atoms with van der Waals surface area (Å²) in [5.74, 6) is -2.10. The third kappa shape index (κ3) is 3.67. The number of esters is 2. The lowest BCUT2D eigenvalue weighted by molar-refractivity contribution is -0.139. The molecule has 2 heterocycles. The van der Waals surface area contributed by atoms with Crippen molar-refractivity contribution < 1.29 is 23.5 Å². The molecule has 9 heteroatoms. The van der Waals surface area contributed by atoms with Gasteiger partial charge in [-0.2, -0.15) is 5.10 Å². The van der Waals surface area contributed by atoms with Crippen LogP contribution in [0.5, 0.6) is 0 Å². The number of rotatable bonds is 4. The Morgan fingerprint density at radius 3 is 2.50 bits per heavy atom. The van der Waals surface area contributed by atoms with Crippen LogP contribution in [-0.4, -0.2) is 35.9 Å². The van der Waals surface area contributed by atoms with E-state index in [0.717, 1.165) is 0 Å². The second-order valence-corrected chi connectivity index (χ2v) is 5.99. The molecule has 144 valence electrons. The van der Waals surface area contributed by atoms with Crippen molar-refractivity contribution in [3.8, 4) is 5.69 Å². The molecule has 0 aliphatic carbocycles. The van der Waals surface area contributed by atoms with Crippen LogP contribution in [0.15, 0.2) is 66.3 Å². The van der Waals surface area contributed by atoms with Gasteiger partial charge in [0.05, 0.1) is 42.4 Å². The van der Waals surface area contributed by atoms with Crippen LogP contribution < -0.4 is 4.90 Å². The van der Waals surface area contributed by atoms with Crippen molar-refractivity contribution >= 4 is 29.2 Å². The highest BCUT2D eigenvalue weighted by Crippen LogP contribution is 2.32. The number of aromatic nitrogens is 2. The van der Waals surface area contributed by atoms with Crippen LogP contribution in [0, 0.1) is 5.82 Å². The van der Waals surface area contributed by atoms with E-state index in [1.54, 1.807) is 12.2 Å². The fourth-order valence-corrected chi connectivity index (χ4v) is 2.80. The van der Waals surface area contributed by atoms with E-state index in [1.165, 1.54) is 66.7 Å². The lowest BCUT2D eigenvalue weighted by atomic mass is 10.1. The number of carbonyl (C=O) groups excluding carboxylic acids is 2. The Bertz CT molecular complexity index is 1030. The second-order valence-electron chi connectivity index (χ2n) is 5.55. The summed E-state index contributed by atoms with van der Waals surface area (Å²) < 4.78 is 25.2. The predicted octanol–water partition coefficient (Wildman–Crippen LogP) is 3.15. The molecule has 1 aliphatic heterocycles. The number of anilines is 1. The zero-order valence-electron chi connectivity index (χ0n) is 14.9. The quantitative estimate of drug-likeness (QED) is 0.730. The van der Waals surface area contributed by atoms with Gasteiger partial charge in [-0.15, -0.1) is 0 Å². The Balaban J connectivity index is 2.27. The summed E-state index contributed by atoms with van der Waals surface area (Å²) in [6.45, 7) is 0. The molecule has 0 N–H and O–H groups in total. The van der Waals surface area contributed by atoms with E-state index >= 15 is 0 Å².